The Bertz CT molecular complexity index is 1180. The molecule has 0 atom stereocenters. The van der Waals surface area contributed by atoms with Crippen LogP contribution in [0.1, 0.15) is 5.56 Å². The van der Waals surface area contributed by atoms with Gasteiger partial charge < -0.3 is 9.72 Å². The molecule has 0 radical (unpaired) electrons. The Morgan fingerprint density at radius 3 is 2.96 bits per heavy atom. The monoisotopic (exact) mass is 352 g/mol. The lowest BCUT2D eigenvalue weighted by molar-refractivity contribution is 0.415. The molecule has 6 nitrogen and oxygen atoms in total. The Morgan fingerprint density at radius 2 is 2.16 bits per heavy atom. The molecular weight excluding hydrogens is 340 g/mol. The molecule has 0 aliphatic carbocycles. The first-order chi connectivity index (χ1) is 12.2. The van der Waals surface area contributed by atoms with Crippen LogP contribution in [0.15, 0.2) is 58.7 Å². The van der Waals surface area contributed by atoms with Crippen molar-refractivity contribution in [2.24, 2.45) is 5.10 Å². The van der Waals surface area contributed by atoms with Crippen LogP contribution in [0.25, 0.3) is 21.9 Å². The molecule has 7 heteroatoms. The zero-order valence-corrected chi connectivity index (χ0v) is 14.0. The second-order valence-electron chi connectivity index (χ2n) is 5.45. The smallest absolute Gasteiger partial charge is 0.298 e. The summed E-state index contributed by atoms with van der Waals surface area (Å²) >= 11 is 5.95. The molecule has 0 amide bonds. The molecule has 2 heterocycles. The molecule has 0 aliphatic rings. The number of nitrogens with zero attached hydrogens (tertiary/aromatic N) is 3. The van der Waals surface area contributed by atoms with E-state index in [0.717, 1.165) is 16.5 Å². The SMILES string of the molecule is COc1ccc2[nH]c3c(=O)n(/N=C\c4cccc(Cl)c4)cnc3c2c1. The molecule has 124 valence electrons. The van der Waals surface area contributed by atoms with Crippen LogP contribution in [-0.4, -0.2) is 28.0 Å². The van der Waals surface area contributed by atoms with Crippen LogP contribution < -0.4 is 10.3 Å². The number of H-pyrrole nitrogens is 1. The average Bonchev–Trinajstić information content (AvgIpc) is 3.00. The number of aromatic amines is 1. The summed E-state index contributed by atoms with van der Waals surface area (Å²) in [6, 6.07) is 12.7. The number of hydrogen-bond donors (Lipinski definition) is 1. The highest BCUT2D eigenvalue weighted by molar-refractivity contribution is 6.30. The van der Waals surface area contributed by atoms with Crippen LogP contribution in [0.4, 0.5) is 0 Å². The summed E-state index contributed by atoms with van der Waals surface area (Å²) in [5, 5.41) is 5.62. The third kappa shape index (κ3) is 2.77. The molecule has 4 aromatic rings. The van der Waals surface area contributed by atoms with E-state index in [4.69, 9.17) is 16.3 Å². The van der Waals surface area contributed by atoms with E-state index >= 15 is 0 Å². The van der Waals surface area contributed by atoms with Crippen molar-refractivity contribution in [3.05, 3.63) is 69.7 Å². The van der Waals surface area contributed by atoms with E-state index in [1.54, 1.807) is 25.5 Å². The molecule has 0 bridgehead atoms. The minimum atomic E-state index is -0.279. The van der Waals surface area contributed by atoms with Crippen molar-refractivity contribution in [2.45, 2.75) is 0 Å². The summed E-state index contributed by atoms with van der Waals surface area (Å²) in [4.78, 5) is 20.1. The fourth-order valence-corrected chi connectivity index (χ4v) is 2.85. The standard InChI is InChI=1S/C18H13ClN4O2/c1-25-13-5-6-15-14(8-13)16-17(22-15)18(24)23(10-20-16)21-9-11-3-2-4-12(19)7-11/h2-10,22H,1H3/b21-9-. The highest BCUT2D eigenvalue weighted by atomic mass is 35.5. The molecule has 2 aromatic heterocycles. The van der Waals surface area contributed by atoms with Gasteiger partial charge in [-0.05, 0) is 35.9 Å². The molecule has 0 saturated heterocycles. The van der Waals surface area contributed by atoms with Crippen molar-refractivity contribution >= 4 is 39.8 Å². The summed E-state index contributed by atoms with van der Waals surface area (Å²) in [6.45, 7) is 0. The van der Waals surface area contributed by atoms with Crippen molar-refractivity contribution < 1.29 is 4.74 Å². The summed E-state index contributed by atoms with van der Waals surface area (Å²) in [5.74, 6) is 0.707. The van der Waals surface area contributed by atoms with E-state index < -0.39 is 0 Å². The van der Waals surface area contributed by atoms with Crippen LogP contribution in [0.5, 0.6) is 5.75 Å². The van der Waals surface area contributed by atoms with Gasteiger partial charge in [0.15, 0.2) is 0 Å². The molecule has 2 aromatic carbocycles. The first kappa shape index (κ1) is 15.4. The second-order valence-corrected chi connectivity index (χ2v) is 5.89. The molecule has 0 unspecified atom stereocenters. The van der Waals surface area contributed by atoms with Crippen molar-refractivity contribution in [3.8, 4) is 5.75 Å². The van der Waals surface area contributed by atoms with Crippen LogP contribution in [-0.2, 0) is 0 Å². The van der Waals surface area contributed by atoms with Gasteiger partial charge in [-0.3, -0.25) is 4.79 Å². The van der Waals surface area contributed by atoms with Gasteiger partial charge in [-0.25, -0.2) is 4.98 Å². The molecule has 1 N–H and O–H groups in total. The Labute approximate surface area is 147 Å². The highest BCUT2D eigenvalue weighted by Gasteiger charge is 2.11. The molecular formula is C18H13ClN4O2. The van der Waals surface area contributed by atoms with E-state index in [-0.39, 0.29) is 5.56 Å². The van der Waals surface area contributed by atoms with Gasteiger partial charge >= 0.3 is 0 Å². The summed E-state index contributed by atoms with van der Waals surface area (Å²) in [5.41, 5.74) is 2.32. The zero-order chi connectivity index (χ0) is 17.4. The van der Waals surface area contributed by atoms with Crippen molar-refractivity contribution in [2.75, 3.05) is 7.11 Å². The number of rotatable bonds is 3. The second kappa shape index (κ2) is 6.07. The number of nitrogens with one attached hydrogen (secondary N) is 1. The lowest BCUT2D eigenvalue weighted by Crippen LogP contribution is -2.17. The lowest BCUT2D eigenvalue weighted by Gasteiger charge is -1.99. The number of ether oxygens (including phenoxy) is 1. The molecule has 0 saturated carbocycles. The third-order valence-electron chi connectivity index (χ3n) is 3.88. The summed E-state index contributed by atoms with van der Waals surface area (Å²) in [7, 11) is 1.60. The van der Waals surface area contributed by atoms with Crippen LogP contribution in [0.2, 0.25) is 5.02 Å². The van der Waals surface area contributed by atoms with Crippen molar-refractivity contribution in [3.63, 3.8) is 0 Å². The summed E-state index contributed by atoms with van der Waals surface area (Å²) < 4.78 is 6.42. The maximum Gasteiger partial charge on any atom is 0.298 e. The number of halogens is 1. The molecule has 4 rings (SSSR count). The normalized spacial score (nSPS) is 11.6. The minimum absolute atomic E-state index is 0.279. The Kier molecular flexibility index (Phi) is 3.74. The predicted molar refractivity (Wildman–Crippen MR) is 98.9 cm³/mol. The first-order valence-corrected chi connectivity index (χ1v) is 7.90. The van der Waals surface area contributed by atoms with E-state index in [2.05, 4.69) is 15.1 Å². The fourth-order valence-electron chi connectivity index (χ4n) is 2.65. The Hall–Kier alpha value is -3.12. The minimum Gasteiger partial charge on any atom is -0.497 e. The van der Waals surface area contributed by atoms with Gasteiger partial charge in [0.05, 0.1) is 13.3 Å². The molecule has 0 fully saturated rings. The maximum absolute atomic E-state index is 12.7. The van der Waals surface area contributed by atoms with Crippen LogP contribution in [0.3, 0.4) is 0 Å². The Balaban J connectivity index is 1.82. The largest absolute Gasteiger partial charge is 0.497 e. The first-order valence-electron chi connectivity index (χ1n) is 7.53. The number of hydrogen-bond acceptors (Lipinski definition) is 4. The predicted octanol–water partition coefficient (Wildman–Crippen LogP) is 3.42. The van der Waals surface area contributed by atoms with E-state index in [1.807, 2.05) is 30.3 Å². The number of methoxy groups -OCH3 is 1. The molecule has 0 aliphatic heterocycles. The van der Waals surface area contributed by atoms with E-state index in [9.17, 15) is 4.79 Å². The van der Waals surface area contributed by atoms with Gasteiger partial charge in [0, 0.05) is 15.9 Å². The maximum atomic E-state index is 12.7. The Morgan fingerprint density at radius 1 is 1.28 bits per heavy atom. The molecule has 0 spiro atoms. The van der Waals surface area contributed by atoms with Gasteiger partial charge in [-0.1, -0.05) is 23.7 Å². The number of aromatic nitrogens is 3. The molecule has 25 heavy (non-hydrogen) atoms. The van der Waals surface area contributed by atoms with Crippen LogP contribution >= 0.6 is 11.6 Å². The van der Waals surface area contributed by atoms with Crippen LogP contribution in [0, 0.1) is 0 Å². The summed E-state index contributed by atoms with van der Waals surface area (Å²) in [6.07, 6.45) is 2.96. The fraction of sp³-hybridized carbons (Fsp3) is 0.0556. The average molecular weight is 353 g/mol. The highest BCUT2D eigenvalue weighted by Crippen LogP contribution is 2.25. The van der Waals surface area contributed by atoms with E-state index in [0.29, 0.717) is 21.8 Å². The van der Waals surface area contributed by atoms with E-state index in [1.165, 1.54) is 11.0 Å². The van der Waals surface area contributed by atoms with Gasteiger partial charge in [0.25, 0.3) is 5.56 Å². The quantitative estimate of drug-likeness (QED) is 0.574. The third-order valence-corrected chi connectivity index (χ3v) is 4.11. The topological polar surface area (TPSA) is 72.3 Å². The van der Waals surface area contributed by atoms with Gasteiger partial charge in [0.2, 0.25) is 0 Å². The van der Waals surface area contributed by atoms with Gasteiger partial charge in [0.1, 0.15) is 23.1 Å². The van der Waals surface area contributed by atoms with Gasteiger partial charge in [-0.15, -0.1) is 0 Å². The number of benzene rings is 2. The number of fused-ring (bicyclic) bond motifs is 3. The zero-order valence-electron chi connectivity index (χ0n) is 13.2. The van der Waals surface area contributed by atoms with Gasteiger partial charge in [-0.2, -0.15) is 9.78 Å². The van der Waals surface area contributed by atoms with Crippen molar-refractivity contribution in [1.29, 1.82) is 0 Å². The van der Waals surface area contributed by atoms with Crippen molar-refractivity contribution in [1.82, 2.24) is 14.6 Å². The lowest BCUT2D eigenvalue weighted by atomic mass is 10.2.